The molecule has 2 aromatic rings. The molecule has 0 radical (unpaired) electrons. The second kappa shape index (κ2) is 7.54. The first-order valence-electron chi connectivity index (χ1n) is 10.3. The number of hydrogen-bond acceptors (Lipinski definition) is 7. The Balaban J connectivity index is 1.52. The maximum Gasteiger partial charge on any atom is 0.286 e. The first kappa shape index (κ1) is 20.3. The Morgan fingerprint density at radius 3 is 2.81 bits per heavy atom. The van der Waals surface area contributed by atoms with Crippen molar-refractivity contribution in [2.75, 3.05) is 10.3 Å². The Morgan fingerprint density at radius 1 is 1.19 bits per heavy atom. The summed E-state index contributed by atoms with van der Waals surface area (Å²) in [5, 5.41) is 6.11. The lowest BCUT2D eigenvalue weighted by Gasteiger charge is -2.37. The highest BCUT2D eigenvalue weighted by molar-refractivity contribution is 7.90. The number of carbonyl (C=O) groups excluding carboxylic acids is 2. The van der Waals surface area contributed by atoms with E-state index in [1.807, 2.05) is 0 Å². The number of carbonyl (C=O) groups is 2. The second-order valence-electron chi connectivity index (χ2n) is 8.28. The molecular formula is C21H22N4O4S2. The molecule has 3 aliphatic rings. The van der Waals surface area contributed by atoms with Crippen LogP contribution in [0.1, 0.15) is 42.3 Å². The van der Waals surface area contributed by atoms with Crippen LogP contribution in [0.25, 0.3) is 0 Å². The zero-order valence-electron chi connectivity index (χ0n) is 16.9. The van der Waals surface area contributed by atoms with Crippen LogP contribution in [0.3, 0.4) is 0 Å². The zero-order chi connectivity index (χ0) is 21.8. The van der Waals surface area contributed by atoms with Crippen LogP contribution in [0.4, 0.5) is 11.4 Å². The highest BCUT2D eigenvalue weighted by Gasteiger charge is 2.46. The monoisotopic (exact) mass is 458 g/mol. The van der Waals surface area contributed by atoms with Gasteiger partial charge in [0, 0.05) is 6.04 Å². The summed E-state index contributed by atoms with van der Waals surface area (Å²) in [7, 11) is -4.02. The topological polar surface area (TPSA) is 108 Å². The molecule has 0 bridgehead atoms. The summed E-state index contributed by atoms with van der Waals surface area (Å²) >= 11 is 1.24. The quantitative estimate of drug-likeness (QED) is 0.684. The zero-order valence-corrected chi connectivity index (χ0v) is 18.5. The number of Topliss-reactive ketones (excluding diaryl/α,β-unsaturated/α-hetero) is 1. The van der Waals surface area contributed by atoms with Crippen molar-refractivity contribution in [1.29, 1.82) is 0 Å². The van der Waals surface area contributed by atoms with Gasteiger partial charge in [0.1, 0.15) is 10.7 Å². The number of amidine groups is 1. The minimum Gasteiger partial charge on any atom is -0.341 e. The van der Waals surface area contributed by atoms with Gasteiger partial charge in [0.15, 0.2) is 11.7 Å². The van der Waals surface area contributed by atoms with E-state index in [0.717, 1.165) is 25.7 Å². The SMILES string of the molecule is C[C@H]1CCC[C@@H](NN2C(=O)C(C3=NS(=O)(=O)c4ccccc4N3)C(=O)c3sccc32)C1. The van der Waals surface area contributed by atoms with Crippen LogP contribution in [0.15, 0.2) is 45.0 Å². The number of anilines is 2. The Bertz CT molecular complexity index is 1200. The van der Waals surface area contributed by atoms with Crippen LogP contribution in [-0.4, -0.2) is 32.0 Å². The number of rotatable bonds is 3. The fourth-order valence-corrected chi connectivity index (χ4v) is 6.52. The number of hydrazine groups is 1. The molecule has 10 heteroatoms. The molecule has 1 aliphatic carbocycles. The standard InChI is InChI=1S/C21H22N4O4S2/c1-12-5-4-6-13(11-12)23-25-15-9-10-30-19(15)18(26)17(21(25)27)20-22-14-7-2-3-8-16(14)31(28,29)24-20/h2-3,7-10,12-13,17,23H,4-6,11H2,1H3,(H,22,24)/t12-,13+,17?/m0/s1. The third-order valence-corrected chi connectivity index (χ3v) is 8.27. The van der Waals surface area contributed by atoms with E-state index in [2.05, 4.69) is 22.1 Å². The van der Waals surface area contributed by atoms with Gasteiger partial charge in [-0.3, -0.25) is 9.59 Å². The van der Waals surface area contributed by atoms with Gasteiger partial charge >= 0.3 is 0 Å². The van der Waals surface area contributed by atoms with Crippen LogP contribution in [0, 0.1) is 11.8 Å². The van der Waals surface area contributed by atoms with Crippen LogP contribution in [0.2, 0.25) is 0 Å². The smallest absolute Gasteiger partial charge is 0.286 e. The third kappa shape index (κ3) is 3.48. The fourth-order valence-electron chi connectivity index (χ4n) is 4.52. The minimum absolute atomic E-state index is 0.0254. The fraction of sp³-hybridized carbons (Fsp3) is 0.381. The average Bonchev–Trinajstić information content (AvgIpc) is 3.21. The third-order valence-electron chi connectivity index (χ3n) is 6.01. The summed E-state index contributed by atoms with van der Waals surface area (Å²) in [5.74, 6) is -1.91. The first-order chi connectivity index (χ1) is 14.8. The Hall–Kier alpha value is -2.56. The number of ketones is 1. The van der Waals surface area contributed by atoms with Gasteiger partial charge in [-0.05, 0) is 42.3 Å². The lowest BCUT2D eigenvalue weighted by atomic mass is 9.87. The maximum atomic E-state index is 13.5. The summed E-state index contributed by atoms with van der Waals surface area (Å²) < 4.78 is 29.2. The number of para-hydroxylation sites is 1. The van der Waals surface area contributed by atoms with Gasteiger partial charge in [0.25, 0.3) is 15.9 Å². The predicted molar refractivity (Wildman–Crippen MR) is 119 cm³/mol. The van der Waals surface area contributed by atoms with Crippen molar-refractivity contribution in [3.8, 4) is 0 Å². The first-order valence-corrected chi connectivity index (χ1v) is 12.6. The second-order valence-corrected chi connectivity index (χ2v) is 10.8. The highest BCUT2D eigenvalue weighted by Crippen LogP contribution is 2.37. The molecule has 0 saturated heterocycles. The van der Waals surface area contributed by atoms with Crippen LogP contribution >= 0.6 is 11.3 Å². The number of nitrogens with one attached hydrogen (secondary N) is 2. The van der Waals surface area contributed by atoms with Crippen molar-refractivity contribution in [2.24, 2.45) is 16.2 Å². The van der Waals surface area contributed by atoms with Gasteiger partial charge in [0.05, 0.1) is 16.3 Å². The molecule has 3 heterocycles. The number of amides is 1. The summed E-state index contributed by atoms with van der Waals surface area (Å²) in [5.41, 5.74) is 4.15. The largest absolute Gasteiger partial charge is 0.341 e. The van der Waals surface area contributed by atoms with Crippen LogP contribution in [0.5, 0.6) is 0 Å². The molecule has 5 rings (SSSR count). The van der Waals surface area contributed by atoms with Gasteiger partial charge in [-0.15, -0.1) is 15.7 Å². The Kier molecular flexibility index (Phi) is 4.95. The molecule has 1 amide bonds. The van der Waals surface area contributed by atoms with Crippen molar-refractivity contribution in [3.63, 3.8) is 0 Å². The summed E-state index contributed by atoms with van der Waals surface area (Å²) in [4.78, 5) is 27.2. The number of nitrogens with zero attached hydrogens (tertiary/aromatic N) is 2. The maximum absolute atomic E-state index is 13.5. The molecule has 1 aromatic carbocycles. The minimum atomic E-state index is -4.02. The van der Waals surface area contributed by atoms with Gasteiger partial charge < -0.3 is 5.32 Å². The molecule has 162 valence electrons. The number of thiophene rings is 1. The van der Waals surface area contributed by atoms with Crippen LogP contribution in [-0.2, 0) is 14.8 Å². The van der Waals surface area contributed by atoms with Crippen LogP contribution < -0.4 is 15.8 Å². The number of sulfonamides is 1. The molecule has 2 N–H and O–H groups in total. The molecule has 1 fully saturated rings. The lowest BCUT2D eigenvalue weighted by Crippen LogP contribution is -2.57. The number of benzene rings is 1. The van der Waals surface area contributed by atoms with Gasteiger partial charge in [-0.1, -0.05) is 31.9 Å². The van der Waals surface area contributed by atoms with E-state index in [1.165, 1.54) is 22.4 Å². The molecule has 1 saturated carbocycles. The van der Waals surface area contributed by atoms with E-state index in [0.29, 0.717) is 22.2 Å². The molecule has 3 atom stereocenters. The summed E-state index contributed by atoms with van der Waals surface area (Å²) in [6.07, 6.45) is 4.11. The van der Waals surface area contributed by atoms with Crippen molar-refractivity contribution >= 4 is 50.3 Å². The molecule has 1 unspecified atom stereocenters. The van der Waals surface area contributed by atoms with E-state index in [1.54, 1.807) is 29.6 Å². The van der Waals surface area contributed by atoms with E-state index in [4.69, 9.17) is 0 Å². The Labute approximate surface area is 184 Å². The number of hydrogen-bond donors (Lipinski definition) is 2. The molecule has 8 nitrogen and oxygen atoms in total. The molecular weight excluding hydrogens is 436 g/mol. The number of fused-ring (bicyclic) bond motifs is 2. The van der Waals surface area contributed by atoms with Crippen molar-refractivity contribution in [3.05, 3.63) is 40.6 Å². The summed E-state index contributed by atoms with van der Waals surface area (Å²) in [6, 6.07) is 8.18. The lowest BCUT2D eigenvalue weighted by molar-refractivity contribution is -0.120. The molecule has 0 spiro atoms. The molecule has 31 heavy (non-hydrogen) atoms. The van der Waals surface area contributed by atoms with E-state index < -0.39 is 27.6 Å². The van der Waals surface area contributed by atoms with Crippen molar-refractivity contribution in [1.82, 2.24) is 5.43 Å². The predicted octanol–water partition coefficient (Wildman–Crippen LogP) is 3.19. The highest BCUT2D eigenvalue weighted by atomic mass is 32.2. The van der Waals surface area contributed by atoms with Gasteiger partial charge in [-0.25, -0.2) is 10.4 Å². The van der Waals surface area contributed by atoms with Crippen molar-refractivity contribution in [2.45, 2.75) is 43.5 Å². The van der Waals surface area contributed by atoms with Gasteiger partial charge in [0.2, 0.25) is 0 Å². The molecule has 1 aromatic heterocycles. The normalized spacial score (nSPS) is 27.2. The molecule has 2 aliphatic heterocycles. The van der Waals surface area contributed by atoms with Crippen molar-refractivity contribution < 1.29 is 18.0 Å². The average molecular weight is 459 g/mol. The van der Waals surface area contributed by atoms with E-state index in [-0.39, 0.29) is 16.8 Å². The summed E-state index contributed by atoms with van der Waals surface area (Å²) in [6.45, 7) is 2.19. The van der Waals surface area contributed by atoms with Gasteiger partial charge in [-0.2, -0.15) is 8.42 Å². The van der Waals surface area contributed by atoms with E-state index in [9.17, 15) is 18.0 Å². The van der Waals surface area contributed by atoms with E-state index >= 15 is 0 Å². The Morgan fingerprint density at radius 2 is 2.00 bits per heavy atom.